The van der Waals surface area contributed by atoms with Crippen LogP contribution in [0.3, 0.4) is 0 Å². The van der Waals surface area contributed by atoms with Gasteiger partial charge in [-0.15, -0.1) is 0 Å². The molecule has 0 atom stereocenters. The van der Waals surface area contributed by atoms with Gasteiger partial charge >= 0.3 is 0 Å². The Labute approximate surface area is 169 Å². The lowest BCUT2D eigenvalue weighted by molar-refractivity contribution is -0.113. The Hall–Kier alpha value is -2.86. The molecule has 1 aromatic heterocycles. The van der Waals surface area contributed by atoms with Gasteiger partial charge < -0.3 is 10.1 Å². The summed E-state index contributed by atoms with van der Waals surface area (Å²) in [5.41, 5.74) is 4.76. The second-order valence-corrected chi connectivity index (χ2v) is 7.40. The lowest BCUT2D eigenvalue weighted by atomic mass is 10.0. The number of carbonyl (C=O) groups is 1. The van der Waals surface area contributed by atoms with Crippen molar-refractivity contribution in [2.75, 3.05) is 18.2 Å². The molecule has 2 aromatic carbocycles. The fourth-order valence-corrected chi connectivity index (χ4v) is 3.65. The summed E-state index contributed by atoms with van der Waals surface area (Å²) >= 11 is 1.33. The Bertz CT molecular complexity index is 941. The maximum Gasteiger partial charge on any atom is 0.234 e. The smallest absolute Gasteiger partial charge is 0.234 e. The molecule has 0 aliphatic rings. The number of aryl methyl sites for hydroxylation is 2. The van der Waals surface area contributed by atoms with E-state index in [0.29, 0.717) is 5.16 Å². The van der Waals surface area contributed by atoms with Crippen molar-refractivity contribution in [1.29, 1.82) is 0 Å². The molecular weight excluding hydrogens is 370 g/mol. The predicted octanol–water partition coefficient (Wildman–Crippen LogP) is 4.42. The standard InChI is InChI=1S/C22H23N3O2S/c1-15-11-16(2)24-22(23-15)28-14-21(26)25-19-9-10-20(27-3)18(13-19)12-17-7-5-4-6-8-17/h4-11,13H,12,14H2,1-3H3,(H,25,26). The molecule has 1 amide bonds. The number of methoxy groups -OCH3 is 1. The predicted molar refractivity (Wildman–Crippen MR) is 113 cm³/mol. The summed E-state index contributed by atoms with van der Waals surface area (Å²) in [4.78, 5) is 21.1. The first-order valence-corrected chi connectivity index (χ1v) is 9.98. The minimum Gasteiger partial charge on any atom is -0.496 e. The van der Waals surface area contributed by atoms with Crippen molar-refractivity contribution in [2.45, 2.75) is 25.4 Å². The number of carbonyl (C=O) groups excluding carboxylic acids is 1. The molecule has 0 saturated heterocycles. The summed E-state index contributed by atoms with van der Waals surface area (Å²) in [5, 5.41) is 3.57. The summed E-state index contributed by atoms with van der Waals surface area (Å²) in [6, 6.07) is 17.8. The molecular formula is C22H23N3O2S. The van der Waals surface area contributed by atoms with E-state index in [1.165, 1.54) is 17.3 Å². The number of nitrogens with one attached hydrogen (secondary N) is 1. The normalized spacial score (nSPS) is 10.5. The van der Waals surface area contributed by atoms with Gasteiger partial charge in [0.05, 0.1) is 12.9 Å². The van der Waals surface area contributed by atoms with Crippen LogP contribution in [-0.2, 0) is 11.2 Å². The minimum atomic E-state index is -0.0939. The number of hydrogen-bond donors (Lipinski definition) is 1. The number of amides is 1. The van der Waals surface area contributed by atoms with E-state index in [1.807, 2.05) is 56.3 Å². The number of thioether (sulfide) groups is 1. The van der Waals surface area contributed by atoms with E-state index in [0.717, 1.165) is 34.8 Å². The average molecular weight is 394 g/mol. The second-order valence-electron chi connectivity index (χ2n) is 6.46. The molecule has 5 nitrogen and oxygen atoms in total. The number of hydrogen-bond acceptors (Lipinski definition) is 5. The van der Waals surface area contributed by atoms with Gasteiger partial charge in [-0.25, -0.2) is 9.97 Å². The first-order chi connectivity index (χ1) is 13.5. The van der Waals surface area contributed by atoms with Gasteiger partial charge in [0.1, 0.15) is 5.75 Å². The van der Waals surface area contributed by atoms with Gasteiger partial charge in [0, 0.05) is 29.1 Å². The average Bonchev–Trinajstić information content (AvgIpc) is 2.67. The van der Waals surface area contributed by atoms with Crippen LogP contribution in [0.1, 0.15) is 22.5 Å². The molecule has 0 aliphatic carbocycles. The third-order valence-corrected chi connectivity index (χ3v) is 4.94. The maximum absolute atomic E-state index is 12.4. The van der Waals surface area contributed by atoms with Crippen LogP contribution in [0.5, 0.6) is 5.75 Å². The van der Waals surface area contributed by atoms with Crippen LogP contribution < -0.4 is 10.1 Å². The Kier molecular flexibility index (Phi) is 6.66. The number of benzene rings is 2. The van der Waals surface area contributed by atoms with Crippen LogP contribution in [0.2, 0.25) is 0 Å². The molecule has 3 rings (SSSR count). The number of nitrogens with zero attached hydrogens (tertiary/aromatic N) is 2. The third kappa shape index (κ3) is 5.57. The Morgan fingerprint density at radius 3 is 2.43 bits per heavy atom. The van der Waals surface area contributed by atoms with E-state index in [2.05, 4.69) is 27.4 Å². The first-order valence-electron chi connectivity index (χ1n) is 8.99. The Morgan fingerprint density at radius 1 is 1.04 bits per heavy atom. The summed E-state index contributed by atoms with van der Waals surface area (Å²) in [7, 11) is 1.66. The fourth-order valence-electron chi connectivity index (χ4n) is 2.90. The molecule has 3 aromatic rings. The van der Waals surface area contributed by atoms with Gasteiger partial charge in [0.2, 0.25) is 5.91 Å². The van der Waals surface area contributed by atoms with E-state index < -0.39 is 0 Å². The van der Waals surface area contributed by atoms with Crippen molar-refractivity contribution in [3.05, 3.63) is 77.1 Å². The molecule has 1 N–H and O–H groups in total. The van der Waals surface area contributed by atoms with Gasteiger partial charge in [0.25, 0.3) is 0 Å². The lowest BCUT2D eigenvalue weighted by Gasteiger charge is -2.12. The van der Waals surface area contributed by atoms with Crippen molar-refractivity contribution >= 4 is 23.4 Å². The molecule has 0 saturated carbocycles. The van der Waals surface area contributed by atoms with E-state index in [9.17, 15) is 4.79 Å². The molecule has 144 valence electrons. The van der Waals surface area contributed by atoms with Crippen LogP contribution >= 0.6 is 11.8 Å². The summed E-state index contributed by atoms with van der Waals surface area (Å²) in [5.74, 6) is 0.964. The highest BCUT2D eigenvalue weighted by atomic mass is 32.2. The van der Waals surface area contributed by atoms with Crippen LogP contribution in [0.4, 0.5) is 5.69 Å². The van der Waals surface area contributed by atoms with Gasteiger partial charge in [-0.2, -0.15) is 0 Å². The SMILES string of the molecule is COc1ccc(NC(=O)CSc2nc(C)cc(C)n2)cc1Cc1ccccc1. The summed E-state index contributed by atoms with van der Waals surface area (Å²) < 4.78 is 5.47. The third-order valence-electron chi connectivity index (χ3n) is 4.10. The van der Waals surface area contributed by atoms with Gasteiger partial charge in [-0.1, -0.05) is 42.1 Å². The molecule has 0 spiro atoms. The molecule has 0 aliphatic heterocycles. The minimum absolute atomic E-state index is 0.0939. The fraction of sp³-hybridized carbons (Fsp3) is 0.227. The second kappa shape index (κ2) is 9.37. The number of rotatable bonds is 7. The quantitative estimate of drug-likeness (QED) is 0.475. The lowest BCUT2D eigenvalue weighted by Crippen LogP contribution is -2.14. The van der Waals surface area contributed by atoms with Crippen molar-refractivity contribution < 1.29 is 9.53 Å². The van der Waals surface area contributed by atoms with Crippen molar-refractivity contribution in [1.82, 2.24) is 9.97 Å². The molecule has 6 heteroatoms. The molecule has 0 radical (unpaired) electrons. The van der Waals surface area contributed by atoms with Crippen LogP contribution in [0.25, 0.3) is 0 Å². The van der Waals surface area contributed by atoms with Gasteiger partial charge in [-0.3, -0.25) is 4.79 Å². The Balaban J connectivity index is 1.66. The van der Waals surface area contributed by atoms with E-state index in [-0.39, 0.29) is 11.7 Å². The zero-order valence-electron chi connectivity index (χ0n) is 16.2. The monoisotopic (exact) mass is 393 g/mol. The summed E-state index contributed by atoms with van der Waals surface area (Å²) in [6.07, 6.45) is 0.735. The van der Waals surface area contributed by atoms with E-state index in [1.54, 1.807) is 7.11 Å². The number of aromatic nitrogens is 2. The Morgan fingerprint density at radius 2 is 1.75 bits per heavy atom. The number of ether oxygens (including phenoxy) is 1. The molecule has 0 fully saturated rings. The highest BCUT2D eigenvalue weighted by molar-refractivity contribution is 7.99. The maximum atomic E-state index is 12.4. The van der Waals surface area contributed by atoms with E-state index in [4.69, 9.17) is 4.74 Å². The van der Waals surface area contributed by atoms with Gasteiger partial charge in [0.15, 0.2) is 5.16 Å². The highest BCUT2D eigenvalue weighted by Gasteiger charge is 2.10. The van der Waals surface area contributed by atoms with Crippen molar-refractivity contribution in [3.8, 4) is 5.75 Å². The first kappa shape index (κ1) is 19.9. The van der Waals surface area contributed by atoms with Crippen molar-refractivity contribution in [3.63, 3.8) is 0 Å². The molecule has 0 unspecified atom stereocenters. The van der Waals surface area contributed by atoms with Crippen molar-refractivity contribution in [2.24, 2.45) is 0 Å². The molecule has 28 heavy (non-hydrogen) atoms. The van der Waals surface area contributed by atoms with Crippen LogP contribution in [0.15, 0.2) is 59.8 Å². The zero-order valence-corrected chi connectivity index (χ0v) is 17.0. The topological polar surface area (TPSA) is 64.1 Å². The zero-order chi connectivity index (χ0) is 19.9. The summed E-state index contributed by atoms with van der Waals surface area (Å²) in [6.45, 7) is 3.84. The molecule has 1 heterocycles. The van der Waals surface area contributed by atoms with Crippen LogP contribution in [0, 0.1) is 13.8 Å². The number of anilines is 1. The largest absolute Gasteiger partial charge is 0.496 e. The van der Waals surface area contributed by atoms with E-state index >= 15 is 0 Å². The van der Waals surface area contributed by atoms with Crippen LogP contribution in [-0.4, -0.2) is 28.7 Å². The highest BCUT2D eigenvalue weighted by Crippen LogP contribution is 2.25. The van der Waals surface area contributed by atoms with Gasteiger partial charge in [-0.05, 0) is 43.7 Å². The molecule has 0 bridgehead atoms.